The van der Waals surface area contributed by atoms with E-state index in [9.17, 15) is 14.7 Å². The van der Waals surface area contributed by atoms with Crippen LogP contribution in [0.3, 0.4) is 0 Å². The molecule has 3 unspecified atom stereocenters. The molecule has 0 aliphatic heterocycles. The van der Waals surface area contributed by atoms with Crippen LogP contribution in [0.4, 0.5) is 0 Å². The van der Waals surface area contributed by atoms with Crippen molar-refractivity contribution in [1.29, 1.82) is 0 Å². The zero-order chi connectivity index (χ0) is 15.3. The molecule has 0 radical (unpaired) electrons. The lowest BCUT2D eigenvalue weighted by molar-refractivity contribution is -0.149. The van der Waals surface area contributed by atoms with Gasteiger partial charge in [-0.3, -0.25) is 9.59 Å². The number of carboxylic acids is 1. The SMILES string of the molecule is CCCCCN(C(=O)C1CC(C)CC1C(=O)O)C(C)C. The molecule has 1 aliphatic carbocycles. The lowest BCUT2D eigenvalue weighted by Crippen LogP contribution is -2.43. The summed E-state index contributed by atoms with van der Waals surface area (Å²) in [5.74, 6) is -1.26. The van der Waals surface area contributed by atoms with Gasteiger partial charge < -0.3 is 10.0 Å². The van der Waals surface area contributed by atoms with Gasteiger partial charge in [0.15, 0.2) is 0 Å². The van der Waals surface area contributed by atoms with Crippen LogP contribution in [0.25, 0.3) is 0 Å². The van der Waals surface area contributed by atoms with Crippen molar-refractivity contribution < 1.29 is 14.7 Å². The summed E-state index contributed by atoms with van der Waals surface area (Å²) >= 11 is 0. The minimum absolute atomic E-state index is 0.0489. The van der Waals surface area contributed by atoms with Crippen molar-refractivity contribution in [2.45, 2.75) is 65.8 Å². The van der Waals surface area contributed by atoms with Crippen LogP contribution < -0.4 is 0 Å². The number of carbonyl (C=O) groups excluding carboxylic acids is 1. The van der Waals surface area contributed by atoms with Crippen molar-refractivity contribution in [2.75, 3.05) is 6.54 Å². The molecule has 1 aliphatic rings. The summed E-state index contributed by atoms with van der Waals surface area (Å²) in [6, 6.07) is 0.143. The molecule has 1 saturated carbocycles. The highest BCUT2D eigenvalue weighted by molar-refractivity contribution is 5.85. The number of amides is 1. The molecule has 3 atom stereocenters. The number of unbranched alkanes of at least 4 members (excludes halogenated alkanes) is 2. The average Bonchev–Trinajstić information content (AvgIpc) is 2.76. The second kappa shape index (κ2) is 7.65. The van der Waals surface area contributed by atoms with E-state index < -0.39 is 11.9 Å². The van der Waals surface area contributed by atoms with Gasteiger partial charge in [0, 0.05) is 12.6 Å². The highest BCUT2D eigenvalue weighted by Crippen LogP contribution is 2.37. The number of rotatable bonds is 7. The van der Waals surface area contributed by atoms with E-state index in [1.807, 2.05) is 25.7 Å². The van der Waals surface area contributed by atoms with E-state index in [0.29, 0.717) is 18.8 Å². The Morgan fingerprint density at radius 3 is 2.30 bits per heavy atom. The van der Waals surface area contributed by atoms with Crippen molar-refractivity contribution in [3.8, 4) is 0 Å². The van der Waals surface area contributed by atoms with Crippen LogP contribution >= 0.6 is 0 Å². The first-order valence-corrected chi connectivity index (χ1v) is 7.91. The Kier molecular flexibility index (Phi) is 6.50. The summed E-state index contributed by atoms with van der Waals surface area (Å²) in [5, 5.41) is 9.31. The molecule has 0 aromatic carbocycles. The monoisotopic (exact) mass is 283 g/mol. The van der Waals surface area contributed by atoms with E-state index in [4.69, 9.17) is 0 Å². The molecule has 0 aromatic rings. The molecular weight excluding hydrogens is 254 g/mol. The zero-order valence-electron chi connectivity index (χ0n) is 13.3. The summed E-state index contributed by atoms with van der Waals surface area (Å²) in [6.07, 6.45) is 4.58. The fourth-order valence-electron chi connectivity index (χ4n) is 3.21. The molecule has 0 heterocycles. The Balaban J connectivity index is 2.74. The smallest absolute Gasteiger partial charge is 0.307 e. The van der Waals surface area contributed by atoms with E-state index in [0.717, 1.165) is 25.8 Å². The van der Waals surface area contributed by atoms with Gasteiger partial charge in [0.05, 0.1) is 11.8 Å². The van der Waals surface area contributed by atoms with Crippen molar-refractivity contribution >= 4 is 11.9 Å². The van der Waals surface area contributed by atoms with Gasteiger partial charge >= 0.3 is 5.97 Å². The molecule has 0 bridgehead atoms. The first kappa shape index (κ1) is 17.0. The molecule has 20 heavy (non-hydrogen) atoms. The maximum absolute atomic E-state index is 12.7. The van der Waals surface area contributed by atoms with Crippen LogP contribution in [-0.2, 0) is 9.59 Å². The van der Waals surface area contributed by atoms with E-state index in [1.54, 1.807) is 0 Å². The standard InChI is InChI=1S/C16H29NO3/c1-5-6-7-8-17(11(2)3)15(18)13-9-12(4)10-14(13)16(19)20/h11-14H,5-10H2,1-4H3,(H,19,20). The van der Waals surface area contributed by atoms with E-state index in [-0.39, 0.29) is 17.9 Å². The number of hydrogen-bond donors (Lipinski definition) is 1. The quantitative estimate of drug-likeness (QED) is 0.730. The van der Waals surface area contributed by atoms with Gasteiger partial charge in [0.2, 0.25) is 5.91 Å². The van der Waals surface area contributed by atoms with Gasteiger partial charge in [-0.05, 0) is 39.0 Å². The predicted molar refractivity (Wildman–Crippen MR) is 79.4 cm³/mol. The van der Waals surface area contributed by atoms with Gasteiger partial charge in [-0.1, -0.05) is 26.7 Å². The lowest BCUT2D eigenvalue weighted by Gasteiger charge is -2.30. The van der Waals surface area contributed by atoms with Gasteiger partial charge in [-0.25, -0.2) is 0 Å². The maximum atomic E-state index is 12.7. The molecule has 0 saturated heterocycles. The highest BCUT2D eigenvalue weighted by atomic mass is 16.4. The summed E-state index contributed by atoms with van der Waals surface area (Å²) in [7, 11) is 0. The van der Waals surface area contributed by atoms with Crippen LogP contribution in [-0.4, -0.2) is 34.5 Å². The molecule has 1 fully saturated rings. The summed E-state index contributed by atoms with van der Waals surface area (Å²) in [5.41, 5.74) is 0. The maximum Gasteiger partial charge on any atom is 0.307 e. The molecule has 1 N–H and O–H groups in total. The fourth-order valence-corrected chi connectivity index (χ4v) is 3.21. The Bertz CT molecular complexity index is 341. The van der Waals surface area contributed by atoms with Gasteiger partial charge in [0.25, 0.3) is 0 Å². The second-order valence-electron chi connectivity index (χ2n) is 6.46. The van der Waals surface area contributed by atoms with Gasteiger partial charge in [-0.2, -0.15) is 0 Å². The molecule has 0 spiro atoms. The van der Waals surface area contributed by atoms with E-state index >= 15 is 0 Å². The van der Waals surface area contributed by atoms with Crippen LogP contribution in [0.5, 0.6) is 0 Å². The van der Waals surface area contributed by atoms with Gasteiger partial charge in [-0.15, -0.1) is 0 Å². The lowest BCUT2D eigenvalue weighted by atomic mass is 9.94. The summed E-state index contributed by atoms with van der Waals surface area (Å²) in [6.45, 7) is 8.96. The molecule has 1 rings (SSSR count). The minimum atomic E-state index is -0.815. The molecule has 4 heteroatoms. The van der Waals surface area contributed by atoms with E-state index in [1.165, 1.54) is 0 Å². The zero-order valence-corrected chi connectivity index (χ0v) is 13.3. The number of carbonyl (C=O) groups is 2. The summed E-state index contributed by atoms with van der Waals surface area (Å²) in [4.78, 5) is 25.9. The second-order valence-corrected chi connectivity index (χ2v) is 6.46. The topological polar surface area (TPSA) is 57.6 Å². The third-order valence-electron chi connectivity index (χ3n) is 4.34. The van der Waals surface area contributed by atoms with Gasteiger partial charge in [0.1, 0.15) is 0 Å². The van der Waals surface area contributed by atoms with Crippen LogP contribution in [0.15, 0.2) is 0 Å². The first-order valence-electron chi connectivity index (χ1n) is 7.91. The Hall–Kier alpha value is -1.06. The third kappa shape index (κ3) is 4.22. The highest BCUT2D eigenvalue weighted by Gasteiger charge is 2.43. The van der Waals surface area contributed by atoms with Crippen molar-refractivity contribution in [3.63, 3.8) is 0 Å². The van der Waals surface area contributed by atoms with Crippen molar-refractivity contribution in [1.82, 2.24) is 4.90 Å². The predicted octanol–water partition coefficient (Wildman–Crippen LogP) is 3.16. The largest absolute Gasteiger partial charge is 0.481 e. The van der Waals surface area contributed by atoms with E-state index in [2.05, 4.69) is 6.92 Å². The first-order chi connectivity index (χ1) is 9.38. The average molecular weight is 283 g/mol. The molecule has 0 aromatic heterocycles. The number of nitrogens with zero attached hydrogens (tertiary/aromatic N) is 1. The van der Waals surface area contributed by atoms with Crippen molar-refractivity contribution in [2.24, 2.45) is 17.8 Å². The molecule has 116 valence electrons. The van der Waals surface area contributed by atoms with Crippen LogP contribution in [0.1, 0.15) is 59.8 Å². The normalized spacial score (nSPS) is 25.9. The van der Waals surface area contributed by atoms with Crippen molar-refractivity contribution in [3.05, 3.63) is 0 Å². The molecular formula is C16H29NO3. The minimum Gasteiger partial charge on any atom is -0.481 e. The van der Waals surface area contributed by atoms with Crippen LogP contribution in [0, 0.1) is 17.8 Å². The summed E-state index contributed by atoms with van der Waals surface area (Å²) < 4.78 is 0. The Morgan fingerprint density at radius 1 is 1.20 bits per heavy atom. The Morgan fingerprint density at radius 2 is 1.80 bits per heavy atom. The molecule has 4 nitrogen and oxygen atoms in total. The molecule has 1 amide bonds. The fraction of sp³-hybridized carbons (Fsp3) is 0.875. The number of carboxylic acid groups (broad SMARTS) is 1. The number of aliphatic carboxylic acids is 1. The number of hydrogen-bond acceptors (Lipinski definition) is 2. The third-order valence-corrected chi connectivity index (χ3v) is 4.34. The Labute approximate surface area is 122 Å². The van der Waals surface area contributed by atoms with Crippen LogP contribution in [0.2, 0.25) is 0 Å².